The van der Waals surface area contributed by atoms with E-state index in [1.165, 1.54) is 0 Å². The number of benzene rings is 1. The second kappa shape index (κ2) is 8.25. The summed E-state index contributed by atoms with van der Waals surface area (Å²) in [6, 6.07) is 9.98. The third-order valence-electron chi connectivity index (χ3n) is 3.77. The number of likely N-dealkylation sites (N-methyl/N-ethyl adjacent to an activating group) is 1. The molecule has 1 amide bonds. The van der Waals surface area contributed by atoms with Crippen LogP contribution in [0.5, 0.6) is 0 Å². The molecule has 0 spiro atoms. The molecule has 5 heteroatoms. The number of halogens is 1. The first kappa shape index (κ1) is 17.0. The lowest BCUT2D eigenvalue weighted by Crippen LogP contribution is -2.45. The van der Waals surface area contributed by atoms with Crippen LogP contribution in [-0.2, 0) is 9.53 Å². The van der Waals surface area contributed by atoms with Gasteiger partial charge in [-0.25, -0.2) is 0 Å². The zero-order valence-electron chi connectivity index (χ0n) is 12.0. The molecule has 4 nitrogen and oxygen atoms in total. The number of ether oxygens (including phenoxy) is 1. The van der Waals surface area contributed by atoms with E-state index < -0.39 is 6.10 Å². The molecule has 1 aliphatic rings. The molecule has 0 aliphatic carbocycles. The Kier molecular flexibility index (Phi) is 6.99. The molecular weight excluding hydrogens is 276 g/mol. The Balaban J connectivity index is 0.00000200. The fourth-order valence-electron chi connectivity index (χ4n) is 2.57. The number of amides is 1. The van der Waals surface area contributed by atoms with Crippen molar-refractivity contribution in [1.29, 1.82) is 0 Å². The molecule has 1 N–H and O–H groups in total. The highest BCUT2D eigenvalue weighted by molar-refractivity contribution is 5.85. The quantitative estimate of drug-likeness (QED) is 0.924. The fraction of sp³-hybridized carbons (Fsp3) is 0.533. The molecule has 1 aliphatic heterocycles. The minimum Gasteiger partial charge on any atom is -0.367 e. The Morgan fingerprint density at radius 3 is 2.45 bits per heavy atom. The third kappa shape index (κ3) is 3.95. The normalized spacial score (nSPS) is 17.1. The van der Waals surface area contributed by atoms with E-state index >= 15 is 0 Å². The Labute approximate surface area is 126 Å². The molecule has 0 saturated carbocycles. The van der Waals surface area contributed by atoms with Gasteiger partial charge >= 0.3 is 0 Å². The van der Waals surface area contributed by atoms with Gasteiger partial charge in [-0.3, -0.25) is 4.79 Å². The van der Waals surface area contributed by atoms with Gasteiger partial charge < -0.3 is 15.0 Å². The molecule has 2 rings (SSSR count). The summed E-state index contributed by atoms with van der Waals surface area (Å²) in [5.74, 6) is 0.0422. The van der Waals surface area contributed by atoms with Crippen molar-refractivity contribution in [2.45, 2.75) is 25.0 Å². The first-order valence-corrected chi connectivity index (χ1v) is 6.79. The van der Waals surface area contributed by atoms with E-state index in [1.54, 1.807) is 7.11 Å². The average molecular weight is 299 g/mol. The van der Waals surface area contributed by atoms with Crippen LogP contribution in [0.1, 0.15) is 24.5 Å². The first-order valence-electron chi connectivity index (χ1n) is 6.79. The van der Waals surface area contributed by atoms with Crippen molar-refractivity contribution in [3.63, 3.8) is 0 Å². The van der Waals surface area contributed by atoms with E-state index in [0.717, 1.165) is 31.5 Å². The Hall–Kier alpha value is -1.10. The molecule has 0 radical (unpaired) electrons. The molecule has 112 valence electrons. The summed E-state index contributed by atoms with van der Waals surface area (Å²) in [5, 5.41) is 3.31. The molecular formula is C15H23ClN2O2. The molecule has 1 aromatic rings. The molecule has 0 aromatic heterocycles. The first-order chi connectivity index (χ1) is 9.24. The van der Waals surface area contributed by atoms with Crippen LogP contribution in [-0.4, -0.2) is 44.1 Å². The Morgan fingerprint density at radius 1 is 1.30 bits per heavy atom. The largest absolute Gasteiger partial charge is 0.367 e. The molecule has 1 fully saturated rings. The highest BCUT2D eigenvalue weighted by Crippen LogP contribution is 2.21. The SMILES string of the molecule is COC(C(=O)N(C)C1CCNCC1)c1ccccc1.Cl. The summed E-state index contributed by atoms with van der Waals surface area (Å²) in [7, 11) is 3.47. The maximum absolute atomic E-state index is 12.6. The number of carbonyl (C=O) groups is 1. The topological polar surface area (TPSA) is 41.6 Å². The van der Waals surface area contributed by atoms with Crippen molar-refractivity contribution >= 4 is 18.3 Å². The lowest BCUT2D eigenvalue weighted by Gasteiger charge is -2.33. The standard InChI is InChI=1S/C15H22N2O2.ClH/c1-17(13-8-10-16-11-9-13)15(18)14(19-2)12-6-4-3-5-7-12;/h3-7,13-14,16H,8-11H2,1-2H3;1H. The number of methoxy groups -OCH3 is 1. The fourth-order valence-corrected chi connectivity index (χ4v) is 2.57. The molecule has 0 bridgehead atoms. The van der Waals surface area contributed by atoms with E-state index in [4.69, 9.17) is 4.74 Å². The van der Waals surface area contributed by atoms with Crippen LogP contribution < -0.4 is 5.32 Å². The smallest absolute Gasteiger partial charge is 0.256 e. The number of hydrogen-bond donors (Lipinski definition) is 1. The number of piperidine rings is 1. The van der Waals surface area contributed by atoms with E-state index in [9.17, 15) is 4.79 Å². The molecule has 1 saturated heterocycles. The second-order valence-electron chi connectivity index (χ2n) is 4.96. The van der Waals surface area contributed by atoms with E-state index in [0.29, 0.717) is 6.04 Å². The van der Waals surface area contributed by atoms with Crippen LogP contribution in [0.25, 0.3) is 0 Å². The molecule has 20 heavy (non-hydrogen) atoms. The van der Waals surface area contributed by atoms with Gasteiger partial charge in [-0.1, -0.05) is 30.3 Å². The number of hydrogen-bond acceptors (Lipinski definition) is 3. The van der Waals surface area contributed by atoms with Gasteiger partial charge in [0.2, 0.25) is 0 Å². The van der Waals surface area contributed by atoms with Gasteiger partial charge in [0.05, 0.1) is 0 Å². The summed E-state index contributed by atoms with van der Waals surface area (Å²) in [6.45, 7) is 1.95. The van der Waals surface area contributed by atoms with Gasteiger partial charge in [0.15, 0.2) is 6.10 Å². The monoisotopic (exact) mass is 298 g/mol. The summed E-state index contributed by atoms with van der Waals surface area (Å²) >= 11 is 0. The third-order valence-corrected chi connectivity index (χ3v) is 3.77. The maximum atomic E-state index is 12.6. The van der Waals surface area contributed by atoms with Crippen molar-refractivity contribution in [2.24, 2.45) is 0 Å². The van der Waals surface area contributed by atoms with Crippen LogP contribution >= 0.6 is 12.4 Å². The van der Waals surface area contributed by atoms with Gasteiger partial charge in [0.1, 0.15) is 0 Å². The molecule has 1 aromatic carbocycles. The Bertz CT molecular complexity index is 408. The summed E-state index contributed by atoms with van der Waals surface area (Å²) in [5.41, 5.74) is 0.913. The lowest BCUT2D eigenvalue weighted by atomic mass is 10.0. The highest BCUT2D eigenvalue weighted by Gasteiger charge is 2.28. The predicted molar refractivity (Wildman–Crippen MR) is 82.1 cm³/mol. The molecule has 1 atom stereocenters. The van der Waals surface area contributed by atoms with Gasteiger partial charge in [-0.15, -0.1) is 12.4 Å². The minimum absolute atomic E-state index is 0. The van der Waals surface area contributed by atoms with Crippen molar-refractivity contribution in [3.8, 4) is 0 Å². The van der Waals surface area contributed by atoms with Crippen LogP contribution in [0.4, 0.5) is 0 Å². The van der Waals surface area contributed by atoms with Crippen LogP contribution in [0.15, 0.2) is 30.3 Å². The Morgan fingerprint density at radius 2 is 1.90 bits per heavy atom. The average Bonchev–Trinajstić information content (AvgIpc) is 2.49. The van der Waals surface area contributed by atoms with E-state index in [-0.39, 0.29) is 18.3 Å². The second-order valence-corrected chi connectivity index (χ2v) is 4.96. The summed E-state index contributed by atoms with van der Waals surface area (Å²) in [4.78, 5) is 14.4. The van der Waals surface area contributed by atoms with Crippen molar-refractivity contribution < 1.29 is 9.53 Å². The van der Waals surface area contributed by atoms with E-state index in [2.05, 4.69) is 5.32 Å². The van der Waals surface area contributed by atoms with Gasteiger partial charge in [-0.2, -0.15) is 0 Å². The zero-order valence-corrected chi connectivity index (χ0v) is 12.9. The maximum Gasteiger partial charge on any atom is 0.256 e. The van der Waals surface area contributed by atoms with Gasteiger partial charge in [0.25, 0.3) is 5.91 Å². The molecule has 1 heterocycles. The van der Waals surface area contributed by atoms with Crippen LogP contribution in [0.2, 0.25) is 0 Å². The van der Waals surface area contributed by atoms with Crippen LogP contribution in [0, 0.1) is 0 Å². The minimum atomic E-state index is -0.499. The molecule has 1 unspecified atom stereocenters. The van der Waals surface area contributed by atoms with Crippen molar-refractivity contribution in [3.05, 3.63) is 35.9 Å². The summed E-state index contributed by atoms with van der Waals surface area (Å²) in [6.07, 6.45) is 1.52. The van der Waals surface area contributed by atoms with Crippen LogP contribution in [0.3, 0.4) is 0 Å². The number of nitrogens with one attached hydrogen (secondary N) is 1. The number of rotatable bonds is 4. The lowest BCUT2D eigenvalue weighted by molar-refractivity contribution is -0.143. The van der Waals surface area contributed by atoms with Crippen molar-refractivity contribution in [2.75, 3.05) is 27.2 Å². The zero-order chi connectivity index (χ0) is 13.7. The van der Waals surface area contributed by atoms with Gasteiger partial charge in [0, 0.05) is 20.2 Å². The van der Waals surface area contributed by atoms with E-state index in [1.807, 2.05) is 42.3 Å². The number of nitrogens with zero attached hydrogens (tertiary/aromatic N) is 1. The summed E-state index contributed by atoms with van der Waals surface area (Å²) < 4.78 is 5.40. The highest BCUT2D eigenvalue weighted by atomic mass is 35.5. The number of carbonyl (C=O) groups excluding carboxylic acids is 1. The van der Waals surface area contributed by atoms with Crippen molar-refractivity contribution in [1.82, 2.24) is 10.2 Å². The van der Waals surface area contributed by atoms with Gasteiger partial charge in [-0.05, 0) is 31.5 Å². The predicted octanol–water partition coefficient (Wildman–Crippen LogP) is 2.01.